The minimum absolute atomic E-state index is 0.162. The van der Waals surface area contributed by atoms with E-state index < -0.39 is 5.97 Å². The Morgan fingerprint density at radius 2 is 1.81 bits per heavy atom. The largest absolute Gasteiger partial charge is 0.461 e. The number of anilines is 1. The molecule has 0 aliphatic heterocycles. The Morgan fingerprint density at radius 3 is 2.52 bits per heavy atom. The van der Waals surface area contributed by atoms with Crippen molar-refractivity contribution in [2.24, 2.45) is 0 Å². The molecule has 2 aromatic carbocycles. The first-order chi connectivity index (χ1) is 13.1. The Hall–Kier alpha value is -3.06. The number of amides is 1. The molecule has 0 saturated heterocycles. The van der Waals surface area contributed by atoms with Crippen molar-refractivity contribution >= 4 is 29.3 Å². The van der Waals surface area contributed by atoms with Gasteiger partial charge in [-0.3, -0.25) is 4.79 Å². The van der Waals surface area contributed by atoms with E-state index in [4.69, 9.17) is 9.15 Å². The zero-order valence-electron chi connectivity index (χ0n) is 14.2. The van der Waals surface area contributed by atoms with E-state index in [9.17, 15) is 14.0 Å². The summed E-state index contributed by atoms with van der Waals surface area (Å²) in [5.74, 6) is -0.496. The van der Waals surface area contributed by atoms with Crippen LogP contribution in [-0.2, 0) is 4.74 Å². The molecular weight excluding hydrogens is 369 g/mol. The van der Waals surface area contributed by atoms with E-state index in [2.05, 4.69) is 5.32 Å². The minimum atomic E-state index is -0.479. The summed E-state index contributed by atoms with van der Waals surface area (Å²) in [6, 6.07) is 16.0. The normalized spacial score (nSPS) is 10.4. The number of benzene rings is 2. The van der Waals surface area contributed by atoms with Crippen LogP contribution in [0.5, 0.6) is 0 Å². The first kappa shape index (κ1) is 18.7. The van der Waals surface area contributed by atoms with Crippen LogP contribution < -0.4 is 5.32 Å². The molecule has 1 heterocycles. The van der Waals surface area contributed by atoms with E-state index >= 15 is 0 Å². The molecular formula is C20H16FNO4S. The van der Waals surface area contributed by atoms with E-state index in [1.54, 1.807) is 54.6 Å². The standard InChI is InChI=1S/C20H16FNO4S/c21-16-4-1-2-6-18(16)27-13-12-26-20(24)14-7-9-15(10-8-14)22-19(23)17-5-3-11-25-17/h1-11H,12-13H2,(H,22,23). The van der Waals surface area contributed by atoms with Gasteiger partial charge in [-0.05, 0) is 48.5 Å². The Kier molecular flexibility index (Phi) is 6.27. The van der Waals surface area contributed by atoms with Gasteiger partial charge < -0.3 is 14.5 Å². The third kappa shape index (κ3) is 5.21. The van der Waals surface area contributed by atoms with Gasteiger partial charge in [0.15, 0.2) is 5.76 Å². The maximum absolute atomic E-state index is 13.5. The molecule has 0 bridgehead atoms. The second-order valence-corrected chi connectivity index (χ2v) is 6.56. The number of carbonyl (C=O) groups excluding carboxylic acids is 2. The zero-order valence-corrected chi connectivity index (χ0v) is 15.0. The molecule has 3 aromatic rings. The summed E-state index contributed by atoms with van der Waals surface area (Å²) in [7, 11) is 0. The predicted octanol–water partition coefficient (Wildman–Crippen LogP) is 4.62. The van der Waals surface area contributed by atoms with Crippen molar-refractivity contribution in [3.05, 3.63) is 84.1 Å². The average Bonchev–Trinajstić information content (AvgIpc) is 3.22. The maximum Gasteiger partial charge on any atom is 0.338 e. The smallest absolute Gasteiger partial charge is 0.338 e. The molecule has 0 spiro atoms. The molecule has 3 rings (SSSR count). The molecule has 1 aromatic heterocycles. The molecule has 138 valence electrons. The molecule has 0 aliphatic carbocycles. The highest BCUT2D eigenvalue weighted by atomic mass is 32.2. The van der Waals surface area contributed by atoms with Gasteiger partial charge >= 0.3 is 5.97 Å². The Bertz CT molecular complexity index is 910. The second-order valence-electron chi connectivity index (χ2n) is 5.42. The highest BCUT2D eigenvalue weighted by molar-refractivity contribution is 7.99. The first-order valence-electron chi connectivity index (χ1n) is 8.13. The number of hydrogen-bond donors (Lipinski definition) is 1. The van der Waals surface area contributed by atoms with E-state index in [0.29, 0.717) is 21.9 Å². The number of furan rings is 1. The summed E-state index contributed by atoms with van der Waals surface area (Å²) < 4.78 is 23.7. The number of carbonyl (C=O) groups is 2. The van der Waals surface area contributed by atoms with Crippen molar-refractivity contribution in [2.45, 2.75) is 4.90 Å². The quantitative estimate of drug-likeness (QED) is 0.365. The van der Waals surface area contributed by atoms with Crippen LogP contribution in [0.25, 0.3) is 0 Å². The number of rotatable bonds is 7. The number of nitrogens with one attached hydrogen (secondary N) is 1. The number of ether oxygens (including phenoxy) is 1. The van der Waals surface area contributed by atoms with Gasteiger partial charge in [0, 0.05) is 16.3 Å². The minimum Gasteiger partial charge on any atom is -0.461 e. The lowest BCUT2D eigenvalue weighted by Gasteiger charge is -2.07. The SMILES string of the molecule is O=C(OCCSc1ccccc1F)c1ccc(NC(=O)c2ccco2)cc1. The fourth-order valence-corrected chi connectivity index (χ4v) is 2.99. The van der Waals surface area contributed by atoms with Gasteiger partial charge in [-0.1, -0.05) is 12.1 Å². The van der Waals surface area contributed by atoms with Gasteiger partial charge in [0.1, 0.15) is 12.4 Å². The summed E-state index contributed by atoms with van der Waals surface area (Å²) in [5, 5.41) is 2.66. The molecule has 0 fully saturated rings. The lowest BCUT2D eigenvalue weighted by atomic mass is 10.2. The van der Waals surface area contributed by atoms with Crippen molar-refractivity contribution in [3.63, 3.8) is 0 Å². The van der Waals surface area contributed by atoms with E-state index in [1.807, 2.05) is 0 Å². The lowest BCUT2D eigenvalue weighted by Crippen LogP contribution is -2.11. The summed E-state index contributed by atoms with van der Waals surface area (Å²) in [6.45, 7) is 0.162. The average molecular weight is 385 g/mol. The molecule has 1 N–H and O–H groups in total. The second kappa shape index (κ2) is 9.05. The van der Waals surface area contributed by atoms with Crippen molar-refractivity contribution in [2.75, 3.05) is 17.7 Å². The van der Waals surface area contributed by atoms with Crippen molar-refractivity contribution in [1.82, 2.24) is 0 Å². The third-order valence-electron chi connectivity index (χ3n) is 3.53. The highest BCUT2D eigenvalue weighted by Gasteiger charge is 2.11. The lowest BCUT2D eigenvalue weighted by molar-refractivity contribution is 0.0530. The van der Waals surface area contributed by atoms with Gasteiger partial charge in [-0.15, -0.1) is 11.8 Å². The van der Waals surface area contributed by atoms with Gasteiger partial charge in [0.05, 0.1) is 11.8 Å². The number of thioether (sulfide) groups is 1. The van der Waals surface area contributed by atoms with Gasteiger partial charge in [-0.2, -0.15) is 0 Å². The maximum atomic E-state index is 13.5. The van der Waals surface area contributed by atoms with Crippen LogP contribution in [0, 0.1) is 5.82 Å². The van der Waals surface area contributed by atoms with Crippen LogP contribution in [0.15, 0.2) is 76.2 Å². The fourth-order valence-electron chi connectivity index (χ4n) is 2.22. The topological polar surface area (TPSA) is 68.5 Å². The highest BCUT2D eigenvalue weighted by Crippen LogP contribution is 2.21. The van der Waals surface area contributed by atoms with Crippen LogP contribution in [0.1, 0.15) is 20.9 Å². The molecule has 0 radical (unpaired) electrons. The number of halogens is 1. The summed E-state index contributed by atoms with van der Waals surface area (Å²) in [5.41, 5.74) is 0.893. The van der Waals surface area contributed by atoms with Crippen LogP contribution in [0.2, 0.25) is 0 Å². The zero-order chi connectivity index (χ0) is 19.1. The molecule has 7 heteroatoms. The summed E-state index contributed by atoms with van der Waals surface area (Å²) in [6.07, 6.45) is 1.42. The first-order valence-corrected chi connectivity index (χ1v) is 9.11. The fraction of sp³-hybridized carbons (Fsp3) is 0.100. The van der Waals surface area contributed by atoms with E-state index in [-0.39, 0.29) is 24.1 Å². The molecule has 0 atom stereocenters. The molecule has 1 amide bonds. The van der Waals surface area contributed by atoms with Crippen molar-refractivity contribution in [3.8, 4) is 0 Å². The predicted molar refractivity (Wildman–Crippen MR) is 101 cm³/mol. The van der Waals surface area contributed by atoms with Crippen LogP contribution in [-0.4, -0.2) is 24.2 Å². The van der Waals surface area contributed by atoms with Gasteiger partial charge in [0.25, 0.3) is 5.91 Å². The molecule has 0 unspecified atom stereocenters. The summed E-state index contributed by atoms with van der Waals surface area (Å²) in [4.78, 5) is 24.4. The number of hydrogen-bond acceptors (Lipinski definition) is 5. The number of esters is 1. The Labute approximate surface area is 159 Å². The van der Waals surface area contributed by atoms with Crippen LogP contribution in [0.3, 0.4) is 0 Å². The Morgan fingerprint density at radius 1 is 1.04 bits per heavy atom. The molecule has 27 heavy (non-hydrogen) atoms. The molecule has 5 nitrogen and oxygen atoms in total. The van der Waals surface area contributed by atoms with Crippen molar-refractivity contribution in [1.29, 1.82) is 0 Å². The third-order valence-corrected chi connectivity index (χ3v) is 4.55. The Balaban J connectivity index is 1.46. The summed E-state index contributed by atoms with van der Waals surface area (Å²) >= 11 is 1.28. The van der Waals surface area contributed by atoms with Crippen molar-refractivity contribution < 1.29 is 23.1 Å². The molecule has 0 aliphatic rings. The van der Waals surface area contributed by atoms with Crippen LogP contribution >= 0.6 is 11.8 Å². The molecule has 0 saturated carbocycles. The van der Waals surface area contributed by atoms with E-state index in [1.165, 1.54) is 24.1 Å². The van der Waals surface area contributed by atoms with Gasteiger partial charge in [0.2, 0.25) is 0 Å². The van der Waals surface area contributed by atoms with Crippen LogP contribution in [0.4, 0.5) is 10.1 Å². The monoisotopic (exact) mass is 385 g/mol. The van der Waals surface area contributed by atoms with Gasteiger partial charge in [-0.25, -0.2) is 9.18 Å². The van der Waals surface area contributed by atoms with E-state index in [0.717, 1.165) is 0 Å².